The number of anilines is 1. The van der Waals surface area contributed by atoms with E-state index in [4.69, 9.17) is 10.5 Å². The zero-order valence-electron chi connectivity index (χ0n) is 16.7. The van der Waals surface area contributed by atoms with Crippen molar-refractivity contribution in [1.29, 1.82) is 0 Å². The van der Waals surface area contributed by atoms with Crippen molar-refractivity contribution in [3.8, 4) is 22.9 Å². The third kappa shape index (κ3) is 4.43. The van der Waals surface area contributed by atoms with Crippen LogP contribution >= 0.6 is 0 Å². The maximum atomic E-state index is 12.7. The van der Waals surface area contributed by atoms with Crippen LogP contribution in [0.4, 0.5) is 10.5 Å². The Morgan fingerprint density at radius 3 is 2.13 bits per heavy atom. The van der Waals surface area contributed by atoms with Crippen LogP contribution < -0.4 is 15.4 Å². The number of primary amides is 1. The lowest BCUT2D eigenvalue weighted by molar-refractivity contribution is 0.1000. The van der Waals surface area contributed by atoms with E-state index in [1.807, 2.05) is 30.3 Å². The second-order valence-corrected chi connectivity index (χ2v) is 6.70. The summed E-state index contributed by atoms with van der Waals surface area (Å²) >= 11 is 0. The monoisotopic (exact) mass is 413 g/mol. The van der Waals surface area contributed by atoms with E-state index in [1.54, 1.807) is 55.6 Å². The Morgan fingerprint density at radius 1 is 0.903 bits per heavy atom. The van der Waals surface area contributed by atoms with E-state index in [0.717, 1.165) is 11.3 Å². The summed E-state index contributed by atoms with van der Waals surface area (Å²) in [5.41, 5.74) is 7.15. The number of para-hydroxylation sites is 1. The van der Waals surface area contributed by atoms with Crippen molar-refractivity contribution in [2.75, 3.05) is 11.9 Å². The van der Waals surface area contributed by atoms with Gasteiger partial charge in [0.25, 0.3) is 0 Å². The Kier molecular flexibility index (Phi) is 5.44. The molecule has 4 rings (SSSR count). The fourth-order valence-corrected chi connectivity index (χ4v) is 2.90. The molecule has 0 radical (unpaired) electrons. The van der Waals surface area contributed by atoms with Crippen LogP contribution in [0.25, 0.3) is 11.4 Å². The van der Waals surface area contributed by atoms with Crippen molar-refractivity contribution >= 4 is 17.6 Å². The van der Waals surface area contributed by atoms with Gasteiger partial charge < -0.3 is 10.5 Å². The van der Waals surface area contributed by atoms with Gasteiger partial charge in [-0.15, -0.1) is 5.10 Å². The number of benzene rings is 3. The minimum Gasteiger partial charge on any atom is -0.457 e. The Bertz CT molecular complexity index is 1200. The highest BCUT2D eigenvalue weighted by atomic mass is 16.5. The topological polar surface area (TPSA) is 103 Å². The Balaban J connectivity index is 1.45. The zero-order chi connectivity index (χ0) is 21.8. The lowest BCUT2D eigenvalue weighted by Crippen LogP contribution is -2.31. The number of aromatic nitrogens is 3. The van der Waals surface area contributed by atoms with E-state index < -0.39 is 5.91 Å². The minimum absolute atomic E-state index is 0.315. The van der Waals surface area contributed by atoms with Crippen LogP contribution in [0.2, 0.25) is 0 Å². The predicted octanol–water partition coefficient (Wildman–Crippen LogP) is 3.94. The number of carbonyl (C=O) groups excluding carboxylic acids is 2. The molecule has 0 atom stereocenters. The molecule has 8 heteroatoms. The molecule has 2 amide bonds. The maximum absolute atomic E-state index is 12.7. The van der Waals surface area contributed by atoms with Crippen LogP contribution in [0.5, 0.6) is 11.5 Å². The molecule has 4 aromatic rings. The predicted molar refractivity (Wildman–Crippen MR) is 116 cm³/mol. The third-order valence-electron chi connectivity index (χ3n) is 4.61. The lowest BCUT2D eigenvalue weighted by Gasteiger charge is -2.16. The summed E-state index contributed by atoms with van der Waals surface area (Å²) in [4.78, 5) is 29.5. The van der Waals surface area contributed by atoms with Crippen molar-refractivity contribution in [3.63, 3.8) is 0 Å². The van der Waals surface area contributed by atoms with E-state index in [-0.39, 0.29) is 6.03 Å². The number of hydrogen-bond donors (Lipinski definition) is 1. The van der Waals surface area contributed by atoms with Crippen LogP contribution in [-0.4, -0.2) is 33.8 Å². The van der Waals surface area contributed by atoms with Gasteiger partial charge in [0.1, 0.15) is 17.8 Å². The molecule has 154 valence electrons. The Labute approximate surface area is 178 Å². The molecule has 2 N–H and O–H groups in total. The van der Waals surface area contributed by atoms with Gasteiger partial charge in [-0.3, -0.25) is 9.69 Å². The highest BCUT2D eigenvalue weighted by Crippen LogP contribution is 2.24. The lowest BCUT2D eigenvalue weighted by atomic mass is 10.2. The first-order chi connectivity index (χ1) is 15.0. The molecule has 8 nitrogen and oxygen atoms in total. The summed E-state index contributed by atoms with van der Waals surface area (Å²) in [5.74, 6) is 1.12. The Morgan fingerprint density at radius 2 is 1.52 bits per heavy atom. The summed E-state index contributed by atoms with van der Waals surface area (Å²) in [7, 11) is 1.68. The third-order valence-corrected chi connectivity index (χ3v) is 4.61. The van der Waals surface area contributed by atoms with Crippen LogP contribution in [0.15, 0.2) is 85.2 Å². The number of ether oxygens (including phenoxy) is 1. The van der Waals surface area contributed by atoms with Crippen LogP contribution in [0.1, 0.15) is 10.4 Å². The summed E-state index contributed by atoms with van der Waals surface area (Å²) < 4.78 is 6.97. The number of carbonyl (C=O) groups is 2. The second-order valence-electron chi connectivity index (χ2n) is 6.70. The van der Waals surface area contributed by atoms with Gasteiger partial charge in [0, 0.05) is 23.9 Å². The standard InChI is InChI=1S/C23H19N5O3/c1-27(18-5-3-2-4-6-18)23(30)28-15-25-22(26-28)17-9-13-20(14-10-17)31-19-11-7-16(8-12-19)21(24)29/h2-15H,1H3,(H2,24,29). The average molecular weight is 413 g/mol. The average Bonchev–Trinajstić information content (AvgIpc) is 3.30. The summed E-state index contributed by atoms with van der Waals surface area (Å²) in [6.07, 6.45) is 1.39. The quantitative estimate of drug-likeness (QED) is 0.534. The van der Waals surface area contributed by atoms with E-state index >= 15 is 0 Å². The smallest absolute Gasteiger partial charge is 0.350 e. The fourth-order valence-electron chi connectivity index (χ4n) is 2.90. The first kappa shape index (κ1) is 19.8. The van der Waals surface area contributed by atoms with E-state index in [1.165, 1.54) is 15.9 Å². The van der Waals surface area contributed by atoms with Gasteiger partial charge in [0.2, 0.25) is 5.91 Å². The molecule has 0 saturated carbocycles. The van der Waals surface area contributed by atoms with Gasteiger partial charge in [-0.1, -0.05) is 18.2 Å². The first-order valence-corrected chi connectivity index (χ1v) is 9.44. The van der Waals surface area contributed by atoms with Crippen molar-refractivity contribution in [2.24, 2.45) is 5.73 Å². The van der Waals surface area contributed by atoms with Crippen molar-refractivity contribution in [3.05, 3.63) is 90.8 Å². The molecular weight excluding hydrogens is 394 g/mol. The zero-order valence-corrected chi connectivity index (χ0v) is 16.7. The molecule has 0 unspecified atom stereocenters. The molecular formula is C23H19N5O3. The van der Waals surface area contributed by atoms with Gasteiger partial charge in [-0.05, 0) is 60.7 Å². The molecule has 0 spiro atoms. The highest BCUT2D eigenvalue weighted by Gasteiger charge is 2.15. The summed E-state index contributed by atoms with van der Waals surface area (Å²) in [6.45, 7) is 0. The Hall–Kier alpha value is -4.46. The molecule has 31 heavy (non-hydrogen) atoms. The number of amides is 2. The summed E-state index contributed by atoms with van der Waals surface area (Å²) in [5, 5.41) is 4.30. The van der Waals surface area contributed by atoms with E-state index in [0.29, 0.717) is 22.9 Å². The normalized spacial score (nSPS) is 10.5. The number of hydrogen-bond acceptors (Lipinski definition) is 5. The van der Waals surface area contributed by atoms with Gasteiger partial charge in [0.05, 0.1) is 0 Å². The minimum atomic E-state index is -0.490. The highest BCUT2D eigenvalue weighted by molar-refractivity contribution is 5.93. The first-order valence-electron chi connectivity index (χ1n) is 9.44. The number of nitrogens with zero attached hydrogens (tertiary/aromatic N) is 4. The molecule has 0 bridgehead atoms. The van der Waals surface area contributed by atoms with Crippen molar-refractivity contribution in [1.82, 2.24) is 14.8 Å². The largest absolute Gasteiger partial charge is 0.457 e. The number of rotatable bonds is 5. The molecule has 1 heterocycles. The van der Waals surface area contributed by atoms with Crippen LogP contribution in [0, 0.1) is 0 Å². The molecule has 1 aromatic heterocycles. The van der Waals surface area contributed by atoms with Crippen LogP contribution in [-0.2, 0) is 0 Å². The molecule has 0 saturated heterocycles. The molecule has 0 fully saturated rings. The van der Waals surface area contributed by atoms with Crippen molar-refractivity contribution < 1.29 is 14.3 Å². The molecule has 3 aromatic carbocycles. The molecule has 0 aliphatic heterocycles. The fraction of sp³-hybridized carbons (Fsp3) is 0.0435. The van der Waals surface area contributed by atoms with Gasteiger partial charge in [-0.25, -0.2) is 9.78 Å². The van der Waals surface area contributed by atoms with Gasteiger partial charge in [-0.2, -0.15) is 4.68 Å². The molecule has 0 aliphatic rings. The summed E-state index contributed by atoms with van der Waals surface area (Å²) in [6, 6.07) is 22.7. The maximum Gasteiger partial charge on any atom is 0.350 e. The van der Waals surface area contributed by atoms with Crippen LogP contribution in [0.3, 0.4) is 0 Å². The van der Waals surface area contributed by atoms with Gasteiger partial charge in [0.15, 0.2) is 5.82 Å². The SMILES string of the molecule is CN(C(=O)n1cnc(-c2ccc(Oc3ccc(C(N)=O)cc3)cc2)n1)c1ccccc1. The second kappa shape index (κ2) is 8.50. The van der Waals surface area contributed by atoms with Crippen molar-refractivity contribution in [2.45, 2.75) is 0 Å². The van der Waals surface area contributed by atoms with E-state index in [2.05, 4.69) is 10.1 Å². The molecule has 0 aliphatic carbocycles. The van der Waals surface area contributed by atoms with Gasteiger partial charge >= 0.3 is 6.03 Å². The number of nitrogens with two attached hydrogens (primary N) is 1. The van der Waals surface area contributed by atoms with E-state index in [9.17, 15) is 9.59 Å².